The summed E-state index contributed by atoms with van der Waals surface area (Å²) < 4.78 is 6.67. The van der Waals surface area contributed by atoms with Crippen molar-refractivity contribution in [2.75, 3.05) is 12.3 Å². The Morgan fingerprint density at radius 3 is 2.65 bits per heavy atom. The molecule has 2 aromatic heterocycles. The first-order valence-electron chi connectivity index (χ1n) is 7.10. The summed E-state index contributed by atoms with van der Waals surface area (Å²) in [4.78, 5) is 13.3. The van der Waals surface area contributed by atoms with Crippen LogP contribution in [0.4, 0.5) is 5.69 Å². The summed E-state index contributed by atoms with van der Waals surface area (Å²) in [5, 5.41) is 2.40. The van der Waals surface area contributed by atoms with Crippen LogP contribution >= 0.6 is 22.9 Å². The average Bonchev–Trinajstić information content (AvgIpc) is 3.15. The van der Waals surface area contributed by atoms with Gasteiger partial charge in [-0.05, 0) is 42.1 Å². The van der Waals surface area contributed by atoms with Crippen LogP contribution in [0.25, 0.3) is 16.1 Å². The Balaban J connectivity index is 2.03. The van der Waals surface area contributed by atoms with Crippen molar-refractivity contribution in [2.45, 2.75) is 6.92 Å². The average molecular weight is 347 g/mol. The molecular weight excluding hydrogens is 332 g/mol. The van der Waals surface area contributed by atoms with Gasteiger partial charge in [0, 0.05) is 10.6 Å². The predicted molar refractivity (Wildman–Crippen MR) is 94.5 cm³/mol. The van der Waals surface area contributed by atoms with Gasteiger partial charge in [0.05, 0.1) is 12.3 Å². The number of aromatic nitrogens is 1. The molecule has 0 aliphatic rings. The summed E-state index contributed by atoms with van der Waals surface area (Å²) in [5.74, 6) is -0.487. The van der Waals surface area contributed by atoms with E-state index in [0.29, 0.717) is 10.8 Å². The number of thiophene rings is 1. The van der Waals surface area contributed by atoms with Crippen molar-refractivity contribution in [1.82, 2.24) is 4.57 Å². The number of nitrogens with zero attached hydrogens (tertiary/aromatic N) is 1. The van der Waals surface area contributed by atoms with Crippen LogP contribution in [0.2, 0.25) is 5.15 Å². The minimum absolute atomic E-state index is 0.251. The molecule has 0 aliphatic carbocycles. The normalized spacial score (nSPS) is 10.7. The van der Waals surface area contributed by atoms with E-state index in [1.54, 1.807) is 28.9 Å². The van der Waals surface area contributed by atoms with Gasteiger partial charge in [0.15, 0.2) is 5.69 Å². The van der Waals surface area contributed by atoms with Crippen LogP contribution < -0.4 is 5.73 Å². The van der Waals surface area contributed by atoms with Crippen LogP contribution in [-0.4, -0.2) is 17.1 Å². The molecule has 118 valence electrons. The quantitative estimate of drug-likeness (QED) is 0.701. The van der Waals surface area contributed by atoms with Crippen LogP contribution in [0, 0.1) is 0 Å². The number of esters is 1. The fraction of sp³-hybridized carbons (Fsp3) is 0.118. The van der Waals surface area contributed by atoms with Crippen molar-refractivity contribution < 1.29 is 9.53 Å². The molecule has 0 spiro atoms. The molecule has 6 heteroatoms. The summed E-state index contributed by atoms with van der Waals surface area (Å²) in [6, 6.07) is 13.4. The molecule has 3 rings (SSSR count). The summed E-state index contributed by atoms with van der Waals surface area (Å²) in [7, 11) is 0. The lowest BCUT2D eigenvalue weighted by atomic mass is 10.1. The summed E-state index contributed by atoms with van der Waals surface area (Å²) in [6.07, 6.45) is 0. The zero-order chi connectivity index (χ0) is 16.4. The molecule has 0 amide bonds. The van der Waals surface area contributed by atoms with E-state index in [1.165, 1.54) is 4.88 Å². The molecular formula is C17H15ClN2O2S. The van der Waals surface area contributed by atoms with E-state index in [2.05, 4.69) is 6.07 Å². The van der Waals surface area contributed by atoms with Crippen molar-refractivity contribution >= 4 is 34.6 Å². The molecule has 2 heterocycles. The van der Waals surface area contributed by atoms with Gasteiger partial charge in [-0.1, -0.05) is 29.8 Å². The van der Waals surface area contributed by atoms with Gasteiger partial charge in [0.25, 0.3) is 0 Å². The Morgan fingerprint density at radius 1 is 1.30 bits per heavy atom. The molecule has 4 nitrogen and oxygen atoms in total. The van der Waals surface area contributed by atoms with Crippen molar-refractivity contribution in [1.29, 1.82) is 0 Å². The Kier molecular flexibility index (Phi) is 4.41. The monoisotopic (exact) mass is 346 g/mol. The molecule has 2 N–H and O–H groups in total. The molecule has 0 saturated heterocycles. The van der Waals surface area contributed by atoms with Gasteiger partial charge in [-0.25, -0.2) is 4.79 Å². The number of carbonyl (C=O) groups is 1. The van der Waals surface area contributed by atoms with Crippen LogP contribution in [0.3, 0.4) is 0 Å². The highest BCUT2D eigenvalue weighted by Gasteiger charge is 2.21. The number of benzene rings is 1. The Morgan fingerprint density at radius 2 is 2.04 bits per heavy atom. The maximum Gasteiger partial charge on any atom is 0.357 e. The lowest BCUT2D eigenvalue weighted by Gasteiger charge is -2.11. The van der Waals surface area contributed by atoms with Crippen molar-refractivity contribution in [3.8, 4) is 16.1 Å². The van der Waals surface area contributed by atoms with Gasteiger partial charge in [-0.15, -0.1) is 11.3 Å². The van der Waals surface area contributed by atoms with Crippen LogP contribution in [0.5, 0.6) is 0 Å². The highest BCUT2D eigenvalue weighted by molar-refractivity contribution is 7.13. The summed E-state index contributed by atoms with van der Waals surface area (Å²) >= 11 is 7.92. The lowest BCUT2D eigenvalue weighted by molar-refractivity contribution is 0.0518. The van der Waals surface area contributed by atoms with E-state index in [1.807, 2.05) is 35.7 Å². The van der Waals surface area contributed by atoms with Crippen molar-refractivity contribution in [3.63, 3.8) is 0 Å². The molecule has 23 heavy (non-hydrogen) atoms. The molecule has 0 aliphatic heterocycles. The Labute approximate surface area is 143 Å². The van der Waals surface area contributed by atoms with Gasteiger partial charge in [0.2, 0.25) is 0 Å². The number of halogens is 1. The molecule has 0 saturated carbocycles. The second-order valence-corrected chi connectivity index (χ2v) is 6.19. The van der Waals surface area contributed by atoms with E-state index in [-0.39, 0.29) is 12.3 Å². The molecule has 3 aromatic rings. The maximum atomic E-state index is 12.1. The number of ether oxygens (including phenoxy) is 1. The van der Waals surface area contributed by atoms with E-state index in [0.717, 1.165) is 11.3 Å². The van der Waals surface area contributed by atoms with E-state index in [9.17, 15) is 4.79 Å². The van der Waals surface area contributed by atoms with E-state index >= 15 is 0 Å². The van der Waals surface area contributed by atoms with E-state index < -0.39 is 5.97 Å². The van der Waals surface area contributed by atoms with Gasteiger partial charge >= 0.3 is 5.97 Å². The van der Waals surface area contributed by atoms with Gasteiger partial charge in [-0.3, -0.25) is 4.57 Å². The first kappa shape index (κ1) is 15.6. The zero-order valence-electron chi connectivity index (χ0n) is 12.5. The molecule has 0 radical (unpaired) electrons. The highest BCUT2D eigenvalue weighted by atomic mass is 35.5. The number of hydrogen-bond donors (Lipinski definition) is 1. The SMILES string of the molecule is CCOC(=O)c1c(N)cc(Cl)n1-c1ccc(-c2cccs2)cc1. The van der Waals surface area contributed by atoms with Crippen molar-refractivity contribution in [3.05, 3.63) is 58.7 Å². The molecule has 0 unspecified atom stereocenters. The topological polar surface area (TPSA) is 57.2 Å². The first-order chi connectivity index (χ1) is 11.1. The largest absolute Gasteiger partial charge is 0.461 e. The fourth-order valence-corrected chi connectivity index (χ4v) is 3.41. The number of carbonyl (C=O) groups excluding carboxylic acids is 1. The number of nitrogen functional groups attached to an aromatic ring is 1. The van der Waals surface area contributed by atoms with Gasteiger partial charge < -0.3 is 10.5 Å². The molecule has 0 bridgehead atoms. The highest BCUT2D eigenvalue weighted by Crippen LogP contribution is 2.30. The molecule has 0 fully saturated rings. The second-order valence-electron chi connectivity index (χ2n) is 4.85. The Bertz CT molecular complexity index is 823. The second kappa shape index (κ2) is 6.48. The lowest BCUT2D eigenvalue weighted by Crippen LogP contribution is -2.13. The molecule has 1 aromatic carbocycles. The minimum atomic E-state index is -0.487. The van der Waals surface area contributed by atoms with Gasteiger partial charge in [-0.2, -0.15) is 0 Å². The zero-order valence-corrected chi connectivity index (χ0v) is 14.0. The Hall–Kier alpha value is -2.24. The third kappa shape index (κ3) is 2.98. The number of rotatable bonds is 4. The van der Waals surface area contributed by atoms with Gasteiger partial charge in [0.1, 0.15) is 5.15 Å². The smallest absolute Gasteiger partial charge is 0.357 e. The van der Waals surface area contributed by atoms with Crippen LogP contribution in [0.15, 0.2) is 47.8 Å². The third-order valence-electron chi connectivity index (χ3n) is 3.39. The minimum Gasteiger partial charge on any atom is -0.461 e. The summed E-state index contributed by atoms with van der Waals surface area (Å²) in [6.45, 7) is 2.02. The van der Waals surface area contributed by atoms with Crippen LogP contribution in [-0.2, 0) is 4.74 Å². The predicted octanol–water partition coefficient (Wildman–Crippen LogP) is 4.62. The standard InChI is InChI=1S/C17H15ClN2O2S/c1-2-22-17(21)16-13(19)10-15(18)20(16)12-7-5-11(6-8-12)14-4-3-9-23-14/h3-10H,2,19H2,1H3. The number of anilines is 1. The maximum absolute atomic E-state index is 12.1. The number of hydrogen-bond acceptors (Lipinski definition) is 4. The van der Waals surface area contributed by atoms with E-state index in [4.69, 9.17) is 22.1 Å². The molecule has 0 atom stereocenters. The number of nitrogens with two attached hydrogens (primary N) is 1. The fourth-order valence-electron chi connectivity index (χ4n) is 2.38. The summed E-state index contributed by atoms with van der Waals surface area (Å²) in [5.41, 5.74) is 8.33. The first-order valence-corrected chi connectivity index (χ1v) is 8.35. The van der Waals surface area contributed by atoms with Crippen molar-refractivity contribution in [2.24, 2.45) is 0 Å². The van der Waals surface area contributed by atoms with Crippen LogP contribution in [0.1, 0.15) is 17.4 Å². The third-order valence-corrected chi connectivity index (χ3v) is 4.58.